The largest absolute Gasteiger partial charge is 0.466 e. The zero-order chi connectivity index (χ0) is 11.1. The maximum absolute atomic E-state index is 13.1. The smallest absolute Gasteiger partial charge is 0.307 e. The number of ether oxygens (including phenoxy) is 1. The number of hydrogen-bond donors (Lipinski definition) is 1. The van der Waals surface area contributed by atoms with Gasteiger partial charge in [-0.25, -0.2) is 4.39 Å². The fourth-order valence-electron chi connectivity index (χ4n) is 1.14. The molecule has 0 atom stereocenters. The monoisotopic (exact) mass is 211 g/mol. The maximum Gasteiger partial charge on any atom is 0.307 e. The number of carbonyl (C=O) groups excluding carboxylic acids is 1. The Morgan fingerprint density at radius 2 is 2.20 bits per heavy atom. The van der Waals surface area contributed by atoms with E-state index >= 15 is 0 Å². The predicted octanol–water partition coefficient (Wildman–Crippen LogP) is 2.19. The summed E-state index contributed by atoms with van der Waals surface area (Å²) in [6.45, 7) is 2.50. The second-order valence-corrected chi connectivity index (χ2v) is 2.96. The van der Waals surface area contributed by atoms with E-state index in [2.05, 4.69) is 5.32 Å². The number of carbonyl (C=O) groups is 1. The molecule has 0 aliphatic carbocycles. The van der Waals surface area contributed by atoms with E-state index < -0.39 is 0 Å². The summed E-state index contributed by atoms with van der Waals surface area (Å²) < 4.78 is 17.8. The minimum atomic E-state index is -0.318. The first-order chi connectivity index (χ1) is 7.24. The van der Waals surface area contributed by atoms with Crippen molar-refractivity contribution >= 4 is 11.7 Å². The highest BCUT2D eigenvalue weighted by Gasteiger charge is 2.02. The minimum absolute atomic E-state index is 0.238. The quantitative estimate of drug-likeness (QED) is 0.759. The van der Waals surface area contributed by atoms with E-state index in [0.29, 0.717) is 18.8 Å². The van der Waals surface area contributed by atoms with Crippen molar-refractivity contribution in [2.24, 2.45) is 0 Å². The average molecular weight is 211 g/mol. The Morgan fingerprint density at radius 1 is 1.47 bits per heavy atom. The number of anilines is 1. The van der Waals surface area contributed by atoms with Crippen LogP contribution in [0.4, 0.5) is 10.1 Å². The number of hydrogen-bond acceptors (Lipinski definition) is 3. The summed E-state index contributed by atoms with van der Waals surface area (Å²) in [6.07, 6.45) is 0.238. The molecule has 1 N–H and O–H groups in total. The molecule has 0 aliphatic heterocycles. The molecule has 1 aromatic carbocycles. The van der Waals surface area contributed by atoms with Crippen molar-refractivity contribution in [3.63, 3.8) is 0 Å². The highest BCUT2D eigenvalue weighted by Crippen LogP contribution is 2.11. The summed E-state index contributed by atoms with van der Waals surface area (Å²) in [5.41, 5.74) is 0.404. The number of benzene rings is 1. The first-order valence-corrected chi connectivity index (χ1v) is 4.88. The molecule has 0 saturated heterocycles. The molecule has 4 heteroatoms. The van der Waals surface area contributed by atoms with Gasteiger partial charge in [0, 0.05) is 6.54 Å². The van der Waals surface area contributed by atoms with E-state index in [1.807, 2.05) is 0 Å². The summed E-state index contributed by atoms with van der Waals surface area (Å²) in [5, 5.41) is 2.83. The molecule has 0 unspecified atom stereocenters. The Labute approximate surface area is 88.2 Å². The molecule has 0 fully saturated rings. The molecular weight excluding hydrogens is 197 g/mol. The van der Waals surface area contributed by atoms with Gasteiger partial charge in [-0.2, -0.15) is 0 Å². The molecule has 15 heavy (non-hydrogen) atoms. The van der Waals surface area contributed by atoms with Gasteiger partial charge in [0.1, 0.15) is 5.82 Å². The fraction of sp³-hybridized carbons (Fsp3) is 0.364. The van der Waals surface area contributed by atoms with Gasteiger partial charge < -0.3 is 10.1 Å². The summed E-state index contributed by atoms with van der Waals surface area (Å²) in [6, 6.07) is 6.34. The van der Waals surface area contributed by atoms with Crippen LogP contribution in [0.2, 0.25) is 0 Å². The second kappa shape index (κ2) is 6.01. The van der Waals surface area contributed by atoms with E-state index in [4.69, 9.17) is 4.74 Å². The summed E-state index contributed by atoms with van der Waals surface area (Å²) >= 11 is 0. The van der Waals surface area contributed by atoms with Gasteiger partial charge in [0.15, 0.2) is 0 Å². The van der Waals surface area contributed by atoms with Crippen molar-refractivity contribution in [2.75, 3.05) is 18.5 Å². The minimum Gasteiger partial charge on any atom is -0.466 e. The zero-order valence-electron chi connectivity index (χ0n) is 8.63. The molecule has 0 saturated carbocycles. The topological polar surface area (TPSA) is 38.3 Å². The summed E-state index contributed by atoms with van der Waals surface area (Å²) in [7, 11) is 0. The SMILES string of the molecule is CCOC(=O)CCNc1ccccc1F. The van der Waals surface area contributed by atoms with Gasteiger partial charge in [0.25, 0.3) is 0 Å². The van der Waals surface area contributed by atoms with E-state index in [9.17, 15) is 9.18 Å². The van der Waals surface area contributed by atoms with Crippen LogP contribution in [-0.2, 0) is 9.53 Å². The van der Waals surface area contributed by atoms with Gasteiger partial charge in [0.2, 0.25) is 0 Å². The molecule has 0 heterocycles. The van der Waals surface area contributed by atoms with E-state index in [1.165, 1.54) is 6.07 Å². The third-order valence-electron chi connectivity index (χ3n) is 1.82. The first kappa shape index (κ1) is 11.5. The number of rotatable bonds is 5. The van der Waals surface area contributed by atoms with Gasteiger partial charge in [-0.05, 0) is 19.1 Å². The van der Waals surface area contributed by atoms with Crippen LogP contribution in [0.25, 0.3) is 0 Å². The van der Waals surface area contributed by atoms with Gasteiger partial charge in [0.05, 0.1) is 18.7 Å². The average Bonchev–Trinajstić information content (AvgIpc) is 2.21. The van der Waals surface area contributed by atoms with Crippen LogP contribution in [0, 0.1) is 5.82 Å². The van der Waals surface area contributed by atoms with Crippen molar-refractivity contribution in [1.82, 2.24) is 0 Å². The number of para-hydroxylation sites is 1. The van der Waals surface area contributed by atoms with Gasteiger partial charge in [-0.15, -0.1) is 0 Å². The summed E-state index contributed by atoms with van der Waals surface area (Å²) in [5.74, 6) is -0.595. The number of nitrogens with one attached hydrogen (secondary N) is 1. The Morgan fingerprint density at radius 3 is 2.87 bits per heavy atom. The van der Waals surface area contributed by atoms with Crippen molar-refractivity contribution in [3.05, 3.63) is 30.1 Å². The van der Waals surface area contributed by atoms with Crippen LogP contribution < -0.4 is 5.32 Å². The first-order valence-electron chi connectivity index (χ1n) is 4.88. The van der Waals surface area contributed by atoms with E-state index in [1.54, 1.807) is 25.1 Å². The Hall–Kier alpha value is -1.58. The van der Waals surface area contributed by atoms with Gasteiger partial charge in [-0.3, -0.25) is 4.79 Å². The van der Waals surface area contributed by atoms with Crippen LogP contribution in [0.3, 0.4) is 0 Å². The molecule has 82 valence electrons. The lowest BCUT2D eigenvalue weighted by Crippen LogP contribution is -2.11. The van der Waals surface area contributed by atoms with Crippen LogP contribution in [0.1, 0.15) is 13.3 Å². The van der Waals surface area contributed by atoms with Crippen molar-refractivity contribution < 1.29 is 13.9 Å². The Balaban J connectivity index is 2.32. The molecule has 0 spiro atoms. The molecule has 0 aromatic heterocycles. The lowest BCUT2D eigenvalue weighted by Gasteiger charge is -2.06. The van der Waals surface area contributed by atoms with E-state index in [-0.39, 0.29) is 18.2 Å². The molecule has 0 amide bonds. The lowest BCUT2D eigenvalue weighted by molar-refractivity contribution is -0.142. The molecule has 0 radical (unpaired) electrons. The third kappa shape index (κ3) is 3.97. The highest BCUT2D eigenvalue weighted by molar-refractivity contribution is 5.70. The van der Waals surface area contributed by atoms with Gasteiger partial charge in [-0.1, -0.05) is 12.1 Å². The highest BCUT2D eigenvalue weighted by atomic mass is 19.1. The fourth-order valence-corrected chi connectivity index (χ4v) is 1.14. The molecule has 0 bridgehead atoms. The van der Waals surface area contributed by atoms with Crippen LogP contribution in [0.15, 0.2) is 24.3 Å². The van der Waals surface area contributed by atoms with Crippen molar-refractivity contribution in [3.8, 4) is 0 Å². The van der Waals surface area contributed by atoms with Crippen LogP contribution in [-0.4, -0.2) is 19.1 Å². The molecule has 0 aliphatic rings. The zero-order valence-corrected chi connectivity index (χ0v) is 8.63. The van der Waals surface area contributed by atoms with Crippen molar-refractivity contribution in [2.45, 2.75) is 13.3 Å². The predicted molar refractivity (Wildman–Crippen MR) is 56.1 cm³/mol. The molecule has 1 aromatic rings. The Kier molecular flexibility index (Phi) is 4.60. The third-order valence-corrected chi connectivity index (χ3v) is 1.82. The maximum atomic E-state index is 13.1. The standard InChI is InChI=1S/C11H14FNO2/c1-2-15-11(14)7-8-13-10-6-4-3-5-9(10)12/h3-6,13H,2,7-8H2,1H3. The van der Waals surface area contributed by atoms with Crippen LogP contribution >= 0.6 is 0 Å². The summed E-state index contributed by atoms with van der Waals surface area (Å²) in [4.78, 5) is 11.0. The lowest BCUT2D eigenvalue weighted by atomic mass is 10.3. The second-order valence-electron chi connectivity index (χ2n) is 2.96. The van der Waals surface area contributed by atoms with E-state index in [0.717, 1.165) is 0 Å². The molecular formula is C11H14FNO2. The number of esters is 1. The normalized spacial score (nSPS) is 9.73. The van der Waals surface area contributed by atoms with Gasteiger partial charge >= 0.3 is 5.97 Å². The van der Waals surface area contributed by atoms with Crippen molar-refractivity contribution in [1.29, 1.82) is 0 Å². The molecule has 3 nitrogen and oxygen atoms in total. The molecule has 1 rings (SSSR count). The number of halogens is 1. The van der Waals surface area contributed by atoms with Crippen LogP contribution in [0.5, 0.6) is 0 Å². The Bertz CT molecular complexity index is 328.